The van der Waals surface area contributed by atoms with E-state index in [0.717, 1.165) is 18.7 Å². The van der Waals surface area contributed by atoms with Crippen LogP contribution in [0, 0.1) is 5.82 Å². The predicted octanol–water partition coefficient (Wildman–Crippen LogP) is 2.88. The fraction of sp³-hybridized carbons (Fsp3) is 0.417. The molecule has 34 heavy (non-hydrogen) atoms. The maximum absolute atomic E-state index is 14.6. The quantitative estimate of drug-likeness (QED) is 0.445. The molecule has 10 heteroatoms. The number of pyridine rings is 1. The summed E-state index contributed by atoms with van der Waals surface area (Å²) in [7, 11) is 1.48. The molecule has 0 N–H and O–H groups in total. The van der Waals surface area contributed by atoms with Crippen molar-refractivity contribution in [3.8, 4) is 5.75 Å². The summed E-state index contributed by atoms with van der Waals surface area (Å²) in [6, 6.07) is 6.55. The number of fused-ring (bicyclic) bond motifs is 3. The van der Waals surface area contributed by atoms with Crippen molar-refractivity contribution in [3.63, 3.8) is 0 Å². The van der Waals surface area contributed by atoms with Gasteiger partial charge >= 0.3 is 5.69 Å². The van der Waals surface area contributed by atoms with Crippen molar-refractivity contribution >= 4 is 16.7 Å². The Labute approximate surface area is 196 Å². The molecule has 5 rings (SSSR count). The van der Waals surface area contributed by atoms with Crippen molar-refractivity contribution in [2.45, 2.75) is 46.6 Å². The number of rotatable bonds is 5. The van der Waals surface area contributed by atoms with Crippen molar-refractivity contribution in [2.75, 3.05) is 20.2 Å². The van der Waals surface area contributed by atoms with Crippen LogP contribution in [0.5, 0.6) is 5.75 Å². The highest BCUT2D eigenvalue weighted by atomic mass is 19.1. The maximum atomic E-state index is 14.6. The molecule has 1 fully saturated rings. The Morgan fingerprint density at radius 3 is 2.59 bits per heavy atom. The molecule has 0 radical (unpaired) electrons. The second-order valence-electron chi connectivity index (χ2n) is 8.49. The predicted molar refractivity (Wildman–Crippen MR) is 127 cm³/mol. The fourth-order valence-electron chi connectivity index (χ4n) is 4.50. The summed E-state index contributed by atoms with van der Waals surface area (Å²) >= 11 is 0. The van der Waals surface area contributed by atoms with Gasteiger partial charge in [0.25, 0.3) is 0 Å². The van der Waals surface area contributed by atoms with E-state index in [1.165, 1.54) is 28.6 Å². The summed E-state index contributed by atoms with van der Waals surface area (Å²) in [4.78, 5) is 24.3. The Hall–Kier alpha value is -3.37. The van der Waals surface area contributed by atoms with Gasteiger partial charge in [0.2, 0.25) is 0 Å². The molecule has 4 aromatic rings. The molecule has 0 unspecified atom stereocenters. The lowest BCUT2D eigenvalue weighted by molar-refractivity contribution is -0.0705. The number of aromatic nitrogens is 5. The molecule has 0 amide bonds. The first-order valence-electron chi connectivity index (χ1n) is 10.8. The van der Waals surface area contributed by atoms with Crippen LogP contribution in [0.3, 0.4) is 0 Å². The molecule has 0 saturated carbocycles. The largest absolute Gasteiger partial charge is 0.497 e. The van der Waals surface area contributed by atoms with Crippen LogP contribution in [0.4, 0.5) is 4.39 Å². The molecule has 1 aliphatic rings. The zero-order chi connectivity index (χ0) is 23.1. The van der Waals surface area contributed by atoms with Crippen LogP contribution >= 0.6 is 0 Å². The minimum atomic E-state index is -0.458. The van der Waals surface area contributed by atoms with Crippen molar-refractivity contribution < 1.29 is 13.9 Å². The van der Waals surface area contributed by atoms with Crippen molar-refractivity contribution in [1.82, 2.24) is 29.0 Å². The third-order valence-electron chi connectivity index (χ3n) is 5.87. The van der Waals surface area contributed by atoms with Crippen molar-refractivity contribution in [1.29, 1.82) is 0 Å². The summed E-state index contributed by atoms with van der Waals surface area (Å²) in [5.41, 5.74) is 1.78. The number of morpholine rings is 1. The molecule has 1 aliphatic heterocycles. The van der Waals surface area contributed by atoms with E-state index in [-0.39, 0.29) is 26.2 Å². The molecule has 9 nitrogen and oxygen atoms in total. The van der Waals surface area contributed by atoms with E-state index in [9.17, 15) is 9.18 Å². The smallest absolute Gasteiger partial charge is 0.352 e. The van der Waals surface area contributed by atoms with Crippen LogP contribution in [0.25, 0.3) is 16.7 Å². The van der Waals surface area contributed by atoms with E-state index in [4.69, 9.17) is 9.47 Å². The highest BCUT2D eigenvalue weighted by molar-refractivity contribution is 5.89. The average molecular weight is 469 g/mol. The second-order valence-corrected chi connectivity index (χ2v) is 8.49. The molecule has 0 aliphatic carbocycles. The van der Waals surface area contributed by atoms with Crippen LogP contribution in [0.15, 0.2) is 41.6 Å². The lowest BCUT2D eigenvalue weighted by Crippen LogP contribution is -2.44. The van der Waals surface area contributed by atoms with E-state index < -0.39 is 11.5 Å². The Morgan fingerprint density at radius 2 is 1.88 bits per heavy atom. The van der Waals surface area contributed by atoms with Gasteiger partial charge in [0.05, 0.1) is 31.2 Å². The minimum Gasteiger partial charge on any atom is -0.497 e. The number of hydrogen-bond acceptors (Lipinski definition) is 7. The molecular weight excluding hydrogens is 439 g/mol. The third kappa shape index (κ3) is 4.38. The van der Waals surface area contributed by atoms with E-state index in [2.05, 4.69) is 33.8 Å². The van der Waals surface area contributed by atoms with Gasteiger partial charge in [-0.1, -0.05) is 13.5 Å². The first-order valence-corrected chi connectivity index (χ1v) is 10.8. The van der Waals surface area contributed by atoms with Gasteiger partial charge in [-0.15, -0.1) is 0 Å². The number of methoxy groups -OCH3 is 1. The second kappa shape index (κ2) is 9.47. The van der Waals surface area contributed by atoms with Gasteiger partial charge in [-0.2, -0.15) is 9.61 Å². The number of benzene rings is 1. The van der Waals surface area contributed by atoms with Crippen molar-refractivity contribution in [3.05, 3.63) is 64.2 Å². The summed E-state index contributed by atoms with van der Waals surface area (Å²) in [5.74, 6) is -0.0463. The average Bonchev–Trinajstić information content (AvgIpc) is 3.27. The highest BCUT2D eigenvalue weighted by Gasteiger charge is 2.23. The normalized spacial score (nSPS) is 18.8. The van der Waals surface area contributed by atoms with E-state index in [1.807, 2.05) is 6.07 Å². The molecule has 2 atom stereocenters. The van der Waals surface area contributed by atoms with Crippen LogP contribution in [0.2, 0.25) is 0 Å². The van der Waals surface area contributed by atoms with E-state index in [1.54, 1.807) is 18.3 Å². The van der Waals surface area contributed by atoms with Crippen LogP contribution in [0.1, 0.15) is 32.4 Å². The van der Waals surface area contributed by atoms with Gasteiger partial charge < -0.3 is 9.47 Å². The monoisotopic (exact) mass is 468 g/mol. The van der Waals surface area contributed by atoms with E-state index in [0.29, 0.717) is 34.5 Å². The van der Waals surface area contributed by atoms with Gasteiger partial charge in [-0.3, -0.25) is 9.47 Å². The zero-order valence-corrected chi connectivity index (χ0v) is 18.7. The van der Waals surface area contributed by atoms with Crippen molar-refractivity contribution in [2.24, 2.45) is 0 Å². The maximum Gasteiger partial charge on any atom is 0.352 e. The third-order valence-corrected chi connectivity index (χ3v) is 5.87. The topological polar surface area (TPSA) is 86.8 Å². The van der Waals surface area contributed by atoms with Crippen LogP contribution < -0.4 is 10.4 Å². The summed E-state index contributed by atoms with van der Waals surface area (Å²) in [5, 5.41) is 4.78. The molecular formula is C24H29FN6O3. The lowest BCUT2D eigenvalue weighted by atomic mass is 10.1. The summed E-state index contributed by atoms with van der Waals surface area (Å²) in [6.07, 6.45) is 3.43. The molecule has 4 heterocycles. The Kier molecular flexibility index (Phi) is 6.63. The Morgan fingerprint density at radius 1 is 1.12 bits per heavy atom. The summed E-state index contributed by atoms with van der Waals surface area (Å²) in [6.45, 7) is 6.51. The Bertz CT molecular complexity index is 1370. The van der Waals surface area contributed by atoms with Crippen LogP contribution in [-0.4, -0.2) is 61.5 Å². The van der Waals surface area contributed by atoms with Gasteiger partial charge in [0, 0.05) is 37.5 Å². The Balaban J connectivity index is 0.00000274. The molecule has 1 aromatic carbocycles. The lowest BCUT2D eigenvalue weighted by Gasteiger charge is -2.35. The first-order chi connectivity index (χ1) is 15.9. The number of ether oxygens (including phenoxy) is 2. The fourth-order valence-corrected chi connectivity index (χ4v) is 4.50. The summed E-state index contributed by atoms with van der Waals surface area (Å²) < 4.78 is 28.2. The van der Waals surface area contributed by atoms with Gasteiger partial charge in [-0.25, -0.2) is 19.2 Å². The number of hydrogen-bond donors (Lipinski definition) is 0. The standard InChI is InChI=1S/C23H25FN6O3.CH4/c1-14-9-28(10-15(2)33-14)11-16-6-19-21(25-8-16)29(23(31)30-22(19)26-13-27-30)12-17-4-5-18(32-3)7-20(17)24;/h4-8,13-15H,9-12H2,1-3H3;1H4/t14-,15+;. The molecule has 180 valence electrons. The molecule has 3 aromatic heterocycles. The van der Waals surface area contributed by atoms with E-state index >= 15 is 0 Å². The zero-order valence-electron chi connectivity index (χ0n) is 18.7. The highest BCUT2D eigenvalue weighted by Crippen LogP contribution is 2.22. The number of nitrogens with zero attached hydrogens (tertiary/aromatic N) is 6. The molecule has 0 bridgehead atoms. The SMILES string of the molecule is C.COc1ccc(Cn2c(=O)n3ncnc3c3cc(CN4C[C@@H](C)O[C@@H](C)C4)cnc32)c(F)c1. The van der Waals surface area contributed by atoms with Gasteiger partial charge in [-0.05, 0) is 31.5 Å². The minimum absolute atomic E-state index is 0. The molecule has 0 spiro atoms. The number of halogens is 1. The van der Waals surface area contributed by atoms with Crippen LogP contribution in [-0.2, 0) is 17.8 Å². The van der Waals surface area contributed by atoms with Gasteiger partial charge in [0.15, 0.2) is 5.65 Å². The first kappa shape index (κ1) is 23.8. The van der Waals surface area contributed by atoms with Gasteiger partial charge in [0.1, 0.15) is 23.5 Å². The molecule has 1 saturated heterocycles.